The molecule has 2 heterocycles. The maximum absolute atomic E-state index is 12.3. The summed E-state index contributed by atoms with van der Waals surface area (Å²) in [7, 11) is 1.83. The van der Waals surface area contributed by atoms with E-state index >= 15 is 0 Å². The normalized spacial score (nSPS) is 18.0. The van der Waals surface area contributed by atoms with Gasteiger partial charge in [-0.1, -0.05) is 13.8 Å². The van der Waals surface area contributed by atoms with Crippen molar-refractivity contribution in [2.24, 2.45) is 7.05 Å². The third-order valence-corrected chi connectivity index (χ3v) is 4.67. The summed E-state index contributed by atoms with van der Waals surface area (Å²) in [5, 5.41) is 10.2. The van der Waals surface area contributed by atoms with Crippen LogP contribution in [0.25, 0.3) is 0 Å². The highest BCUT2D eigenvalue weighted by atomic mass is 16.3. The van der Waals surface area contributed by atoms with Crippen molar-refractivity contribution in [1.82, 2.24) is 19.4 Å². The molecular formula is C16H28N4O2. The van der Waals surface area contributed by atoms with Crippen LogP contribution in [0, 0.1) is 0 Å². The first kappa shape index (κ1) is 17.0. The quantitative estimate of drug-likeness (QED) is 0.857. The zero-order valence-corrected chi connectivity index (χ0v) is 13.9. The molecule has 6 heteroatoms. The van der Waals surface area contributed by atoms with Gasteiger partial charge in [0, 0.05) is 38.6 Å². The third-order valence-electron chi connectivity index (χ3n) is 4.67. The van der Waals surface area contributed by atoms with Gasteiger partial charge in [-0.05, 0) is 25.9 Å². The predicted octanol–water partition coefficient (Wildman–Crippen LogP) is 1.18. The smallest absolute Gasteiger partial charge is 0.225 e. The number of piperidine rings is 1. The summed E-state index contributed by atoms with van der Waals surface area (Å²) < 4.78 is 1.75. The molecule has 1 amide bonds. The summed E-state index contributed by atoms with van der Waals surface area (Å²) in [5.74, 6) is 0.569. The minimum Gasteiger partial charge on any atom is -0.385 e. The van der Waals surface area contributed by atoms with Crippen LogP contribution in [0.15, 0.2) is 12.4 Å². The molecule has 1 atom stereocenters. The number of carbonyl (C=O) groups is 1. The molecule has 0 bridgehead atoms. The number of hydrogen-bond acceptors (Lipinski definition) is 4. The zero-order valence-electron chi connectivity index (χ0n) is 13.9. The van der Waals surface area contributed by atoms with Gasteiger partial charge in [-0.25, -0.2) is 4.98 Å². The monoisotopic (exact) mass is 308 g/mol. The summed E-state index contributed by atoms with van der Waals surface area (Å²) in [5.41, 5.74) is 0. The van der Waals surface area contributed by atoms with E-state index in [9.17, 15) is 9.90 Å². The number of nitrogens with zero attached hydrogens (tertiary/aromatic N) is 4. The maximum Gasteiger partial charge on any atom is 0.225 e. The Hall–Kier alpha value is -1.40. The van der Waals surface area contributed by atoms with Crippen molar-refractivity contribution in [3.05, 3.63) is 18.2 Å². The van der Waals surface area contributed by atoms with Crippen LogP contribution in [-0.4, -0.2) is 62.6 Å². The first-order valence-corrected chi connectivity index (χ1v) is 8.23. The Labute approximate surface area is 132 Å². The highest BCUT2D eigenvalue weighted by Crippen LogP contribution is 2.20. The molecule has 6 nitrogen and oxygen atoms in total. The third kappa shape index (κ3) is 3.87. The Morgan fingerprint density at radius 1 is 1.41 bits per heavy atom. The van der Waals surface area contributed by atoms with E-state index in [1.165, 1.54) is 0 Å². The van der Waals surface area contributed by atoms with Gasteiger partial charge >= 0.3 is 0 Å². The van der Waals surface area contributed by atoms with Crippen LogP contribution in [0.1, 0.15) is 45.0 Å². The second kappa shape index (κ2) is 7.74. The van der Waals surface area contributed by atoms with Crippen LogP contribution in [0.4, 0.5) is 0 Å². The standard InChI is InChI=1S/C16H28N4O2/c1-4-19(5-2)13-6-9-20(10-7-13)15(22)12-14(21)16-17-8-11-18(16)3/h8,11,13-14,21H,4-7,9-10,12H2,1-3H3/t14-/m0/s1. The lowest BCUT2D eigenvalue weighted by Crippen LogP contribution is -2.46. The van der Waals surface area contributed by atoms with E-state index in [2.05, 4.69) is 23.7 Å². The van der Waals surface area contributed by atoms with Crippen LogP contribution in [0.5, 0.6) is 0 Å². The molecule has 0 radical (unpaired) electrons. The number of aryl methyl sites for hydroxylation is 1. The van der Waals surface area contributed by atoms with E-state index in [1.54, 1.807) is 17.0 Å². The minimum absolute atomic E-state index is 0.0218. The Balaban J connectivity index is 1.84. The number of imidazole rings is 1. The van der Waals surface area contributed by atoms with Crippen molar-refractivity contribution >= 4 is 5.91 Å². The molecule has 0 aromatic carbocycles. The molecule has 1 aliphatic heterocycles. The van der Waals surface area contributed by atoms with Gasteiger partial charge in [0.2, 0.25) is 5.91 Å². The average Bonchev–Trinajstić information content (AvgIpc) is 2.95. The fraction of sp³-hybridized carbons (Fsp3) is 0.750. The number of aromatic nitrogens is 2. The number of rotatable bonds is 6. The molecule has 0 spiro atoms. The molecule has 1 N–H and O–H groups in total. The molecule has 22 heavy (non-hydrogen) atoms. The summed E-state index contributed by atoms with van der Waals surface area (Å²) >= 11 is 0. The highest BCUT2D eigenvalue weighted by Gasteiger charge is 2.27. The van der Waals surface area contributed by atoms with E-state index in [0.29, 0.717) is 11.9 Å². The second-order valence-corrected chi connectivity index (χ2v) is 5.95. The molecule has 124 valence electrons. The van der Waals surface area contributed by atoms with Gasteiger partial charge in [-0.3, -0.25) is 4.79 Å². The van der Waals surface area contributed by atoms with Crippen molar-refractivity contribution in [2.75, 3.05) is 26.2 Å². The number of hydrogen-bond donors (Lipinski definition) is 1. The van der Waals surface area contributed by atoms with Gasteiger partial charge in [-0.15, -0.1) is 0 Å². The predicted molar refractivity (Wildman–Crippen MR) is 85.3 cm³/mol. The molecule has 1 saturated heterocycles. The Bertz CT molecular complexity index is 476. The lowest BCUT2D eigenvalue weighted by Gasteiger charge is -2.38. The van der Waals surface area contributed by atoms with E-state index < -0.39 is 6.10 Å². The number of amides is 1. The van der Waals surface area contributed by atoms with Crippen molar-refractivity contribution in [1.29, 1.82) is 0 Å². The second-order valence-electron chi connectivity index (χ2n) is 5.95. The van der Waals surface area contributed by atoms with Crippen LogP contribution < -0.4 is 0 Å². The van der Waals surface area contributed by atoms with Gasteiger partial charge < -0.3 is 19.5 Å². The Morgan fingerprint density at radius 3 is 2.55 bits per heavy atom. The molecule has 0 saturated carbocycles. The van der Waals surface area contributed by atoms with Crippen LogP contribution in [0.3, 0.4) is 0 Å². The highest BCUT2D eigenvalue weighted by molar-refractivity contribution is 5.76. The number of carbonyl (C=O) groups excluding carboxylic acids is 1. The average molecular weight is 308 g/mol. The zero-order chi connectivity index (χ0) is 16.1. The van der Waals surface area contributed by atoms with Crippen LogP contribution >= 0.6 is 0 Å². The summed E-state index contributed by atoms with van der Waals surface area (Å²) in [6, 6.07) is 0.582. The molecule has 1 aliphatic rings. The maximum atomic E-state index is 12.3. The SMILES string of the molecule is CCN(CC)C1CCN(C(=O)C[C@H](O)c2nccn2C)CC1. The van der Waals surface area contributed by atoms with Gasteiger partial charge in [0.15, 0.2) is 0 Å². The van der Waals surface area contributed by atoms with E-state index in [-0.39, 0.29) is 12.3 Å². The molecule has 1 fully saturated rings. The van der Waals surface area contributed by atoms with Crippen molar-refractivity contribution in [3.8, 4) is 0 Å². The number of likely N-dealkylation sites (tertiary alicyclic amines) is 1. The number of aliphatic hydroxyl groups is 1. The Kier molecular flexibility index (Phi) is 5.97. The topological polar surface area (TPSA) is 61.6 Å². The Morgan fingerprint density at radius 2 is 2.05 bits per heavy atom. The molecule has 0 aliphatic carbocycles. The van der Waals surface area contributed by atoms with Crippen molar-refractivity contribution < 1.29 is 9.90 Å². The lowest BCUT2D eigenvalue weighted by atomic mass is 10.0. The largest absolute Gasteiger partial charge is 0.385 e. The summed E-state index contributed by atoms with van der Waals surface area (Å²) in [4.78, 5) is 20.8. The molecule has 2 rings (SSSR count). The summed E-state index contributed by atoms with van der Waals surface area (Å²) in [6.07, 6.45) is 4.74. The van der Waals surface area contributed by atoms with Crippen LogP contribution in [0.2, 0.25) is 0 Å². The lowest BCUT2D eigenvalue weighted by molar-refractivity contribution is -0.135. The van der Waals surface area contributed by atoms with E-state index in [0.717, 1.165) is 39.0 Å². The van der Waals surface area contributed by atoms with Gasteiger partial charge in [0.1, 0.15) is 11.9 Å². The first-order valence-electron chi connectivity index (χ1n) is 8.23. The fourth-order valence-corrected chi connectivity index (χ4v) is 3.30. The molecule has 1 aromatic heterocycles. The summed E-state index contributed by atoms with van der Waals surface area (Å²) in [6.45, 7) is 8.06. The molecule has 1 aromatic rings. The van der Waals surface area contributed by atoms with Gasteiger partial charge in [-0.2, -0.15) is 0 Å². The van der Waals surface area contributed by atoms with Crippen molar-refractivity contribution in [2.45, 2.75) is 45.3 Å². The van der Waals surface area contributed by atoms with Gasteiger partial charge in [0.25, 0.3) is 0 Å². The van der Waals surface area contributed by atoms with Crippen molar-refractivity contribution in [3.63, 3.8) is 0 Å². The minimum atomic E-state index is -0.826. The molecule has 0 unspecified atom stereocenters. The van der Waals surface area contributed by atoms with Gasteiger partial charge in [0.05, 0.1) is 6.42 Å². The number of aliphatic hydroxyl groups excluding tert-OH is 1. The van der Waals surface area contributed by atoms with E-state index in [1.807, 2.05) is 11.9 Å². The molecular weight excluding hydrogens is 280 g/mol. The van der Waals surface area contributed by atoms with Crippen LogP contribution in [-0.2, 0) is 11.8 Å². The first-order chi connectivity index (χ1) is 10.6. The fourth-order valence-electron chi connectivity index (χ4n) is 3.30. The van der Waals surface area contributed by atoms with E-state index in [4.69, 9.17) is 0 Å².